The lowest BCUT2D eigenvalue weighted by Crippen LogP contribution is -2.31. The van der Waals surface area contributed by atoms with Crippen molar-refractivity contribution in [2.45, 2.75) is 64.6 Å². The molecule has 1 aromatic carbocycles. The summed E-state index contributed by atoms with van der Waals surface area (Å²) in [6.07, 6.45) is 8.24. The Balaban J connectivity index is 1.61. The molecule has 0 aliphatic carbocycles. The van der Waals surface area contributed by atoms with Crippen LogP contribution in [-0.4, -0.2) is 81.5 Å². The lowest BCUT2D eigenvalue weighted by atomic mass is 9.94. The minimum Gasteiger partial charge on any atom is -0.493 e. The topological polar surface area (TPSA) is 123 Å². The zero-order valence-corrected chi connectivity index (χ0v) is 26.3. The first-order valence-corrected chi connectivity index (χ1v) is 15.0. The number of carbonyl (C=O) groups is 3. The maximum absolute atomic E-state index is 13.6. The first kappa shape index (κ1) is 33.9. The molecule has 0 spiro atoms. The second-order valence-corrected chi connectivity index (χ2v) is 11.3. The van der Waals surface area contributed by atoms with Gasteiger partial charge in [-0.25, -0.2) is 9.78 Å². The van der Waals surface area contributed by atoms with E-state index in [1.54, 1.807) is 62.1 Å². The predicted octanol–water partition coefficient (Wildman–Crippen LogP) is 4.39. The van der Waals surface area contributed by atoms with Gasteiger partial charge < -0.3 is 38.0 Å². The third-order valence-electron chi connectivity index (χ3n) is 7.37. The highest BCUT2D eigenvalue weighted by Gasteiger charge is 2.43. The minimum absolute atomic E-state index is 0.103. The van der Waals surface area contributed by atoms with E-state index < -0.39 is 30.1 Å². The normalized spacial score (nSPS) is 22.9. The molecule has 1 saturated heterocycles. The van der Waals surface area contributed by atoms with Gasteiger partial charge >= 0.3 is 13.4 Å². The fraction of sp³-hybridized carbons (Fsp3) is 0.455. The second kappa shape index (κ2) is 15.8. The number of hydrogen-bond donors (Lipinski definition) is 0. The maximum atomic E-state index is 13.6. The van der Waals surface area contributed by atoms with E-state index in [1.165, 1.54) is 20.6 Å². The van der Waals surface area contributed by atoms with Crippen molar-refractivity contribution in [3.05, 3.63) is 65.9 Å². The van der Waals surface area contributed by atoms with Gasteiger partial charge in [0, 0.05) is 31.8 Å². The Kier molecular flexibility index (Phi) is 11.9. The van der Waals surface area contributed by atoms with E-state index in [4.69, 9.17) is 28.4 Å². The van der Waals surface area contributed by atoms with Crippen LogP contribution in [-0.2, 0) is 28.5 Å². The molecule has 0 saturated carbocycles. The van der Waals surface area contributed by atoms with Crippen LogP contribution in [0.5, 0.6) is 11.5 Å². The van der Waals surface area contributed by atoms with Crippen LogP contribution in [0.4, 0.5) is 5.82 Å². The Bertz CT molecular complexity index is 1380. The molecule has 0 bridgehead atoms. The van der Waals surface area contributed by atoms with Crippen LogP contribution in [0.15, 0.2) is 54.8 Å². The van der Waals surface area contributed by atoms with Crippen LogP contribution in [0, 0.1) is 5.92 Å². The molecule has 0 N–H and O–H groups in total. The average molecular weight is 620 g/mol. The van der Waals surface area contributed by atoms with Gasteiger partial charge in [0.15, 0.2) is 18.4 Å². The van der Waals surface area contributed by atoms with Gasteiger partial charge in [0.05, 0.1) is 12.7 Å². The van der Waals surface area contributed by atoms with E-state index in [-0.39, 0.29) is 29.8 Å². The summed E-state index contributed by atoms with van der Waals surface area (Å²) in [5, 5.41) is 0. The summed E-state index contributed by atoms with van der Waals surface area (Å²) in [4.78, 5) is 43.9. The van der Waals surface area contributed by atoms with Crippen molar-refractivity contribution in [2.75, 3.05) is 31.9 Å². The molecule has 3 heterocycles. The third kappa shape index (κ3) is 9.26. The largest absolute Gasteiger partial charge is 0.493 e. The van der Waals surface area contributed by atoms with Crippen molar-refractivity contribution < 1.29 is 42.8 Å². The third-order valence-corrected chi connectivity index (χ3v) is 7.37. The number of nitrogens with zero attached hydrogens (tertiary/aromatic N) is 2. The number of hydrogen-bond acceptors (Lipinski definition) is 11. The molecule has 2 aliphatic heterocycles. The summed E-state index contributed by atoms with van der Waals surface area (Å²) in [6, 6.07) is 8.84. The van der Waals surface area contributed by atoms with Gasteiger partial charge in [-0.05, 0) is 63.5 Å². The van der Waals surface area contributed by atoms with Gasteiger partial charge in [-0.1, -0.05) is 31.2 Å². The zero-order valence-electron chi connectivity index (χ0n) is 26.3. The highest BCUT2D eigenvalue weighted by molar-refractivity contribution is 6.70. The predicted molar refractivity (Wildman–Crippen MR) is 169 cm³/mol. The summed E-state index contributed by atoms with van der Waals surface area (Å²) < 4.78 is 34.9. The first-order chi connectivity index (χ1) is 21.6. The number of anilines is 1. The van der Waals surface area contributed by atoms with Gasteiger partial charge in [-0.2, -0.15) is 0 Å². The summed E-state index contributed by atoms with van der Waals surface area (Å²) in [7, 11) is 2.91. The molecule has 1 radical (unpaired) electrons. The van der Waals surface area contributed by atoms with E-state index in [9.17, 15) is 14.4 Å². The van der Waals surface area contributed by atoms with Crippen LogP contribution < -0.4 is 14.3 Å². The summed E-state index contributed by atoms with van der Waals surface area (Å²) in [5.41, 5.74) is 0.718. The molecule has 0 amide bonds. The van der Waals surface area contributed by atoms with Gasteiger partial charge in [0.1, 0.15) is 41.3 Å². The second-order valence-electron chi connectivity index (χ2n) is 11.3. The number of methoxy groups -OCH3 is 1. The number of ketones is 1. The Hall–Kier alpha value is -4.00. The van der Waals surface area contributed by atoms with E-state index in [0.717, 1.165) is 0 Å². The van der Waals surface area contributed by atoms with Crippen molar-refractivity contribution in [1.82, 2.24) is 4.98 Å². The number of ether oxygens (including phenoxy) is 6. The standard InChI is InChI=1S/C33H40BN2O9/c1-22-13-14-26(38)31-27(44-33(3,4)45-31)11-8-10-24-18-25(19-28(42-21-40-5)30(24)32(39)43-23(22)2)41-17-9-16-36(34-20-37)29-12-6-7-15-35-29/h6-8,10,12-15,18-20,22-23,27,31H,9,11,16-17,21H2,1-5H3/t22-,23?,27?,31?/m1/s1. The molecule has 239 valence electrons. The fourth-order valence-corrected chi connectivity index (χ4v) is 4.98. The van der Waals surface area contributed by atoms with Crippen molar-refractivity contribution in [1.29, 1.82) is 0 Å². The van der Waals surface area contributed by atoms with Crippen molar-refractivity contribution in [2.24, 2.45) is 5.92 Å². The lowest BCUT2D eigenvalue weighted by molar-refractivity contribution is -0.152. The van der Waals surface area contributed by atoms with Crippen molar-refractivity contribution >= 4 is 37.2 Å². The average Bonchev–Trinajstić information content (AvgIpc) is 3.33. The Morgan fingerprint density at radius 3 is 2.69 bits per heavy atom. The summed E-state index contributed by atoms with van der Waals surface area (Å²) >= 11 is 0. The molecule has 1 fully saturated rings. The van der Waals surface area contributed by atoms with Gasteiger partial charge in [0.2, 0.25) is 0 Å². The first-order valence-electron chi connectivity index (χ1n) is 15.0. The molecular weight excluding hydrogens is 579 g/mol. The number of carbonyl (C=O) groups excluding carboxylic acids is 3. The van der Waals surface area contributed by atoms with Crippen molar-refractivity contribution in [3.63, 3.8) is 0 Å². The molecule has 45 heavy (non-hydrogen) atoms. The highest BCUT2D eigenvalue weighted by Crippen LogP contribution is 2.34. The highest BCUT2D eigenvalue weighted by atomic mass is 16.8. The Morgan fingerprint density at radius 1 is 1.13 bits per heavy atom. The molecule has 2 aromatic rings. The smallest absolute Gasteiger partial charge is 0.342 e. The van der Waals surface area contributed by atoms with Crippen LogP contribution in [0.3, 0.4) is 0 Å². The zero-order chi connectivity index (χ0) is 32.4. The lowest BCUT2D eigenvalue weighted by Gasteiger charge is -2.22. The molecule has 3 unspecified atom stereocenters. The van der Waals surface area contributed by atoms with E-state index >= 15 is 0 Å². The Morgan fingerprint density at radius 2 is 1.96 bits per heavy atom. The van der Waals surface area contributed by atoms with Crippen LogP contribution in [0.2, 0.25) is 0 Å². The molecule has 12 heteroatoms. The molecule has 4 atom stereocenters. The van der Waals surface area contributed by atoms with Gasteiger partial charge in [-0.15, -0.1) is 0 Å². The quantitative estimate of drug-likeness (QED) is 0.117. The SMILES string of the molecule is COCOc1cc(OCCCN([B]C=O)c2ccccn2)cc2c1C(=O)OC(C)[C@H](C)C=CC(=O)C1OC(C)(C)OC1CC=C2. The number of pyridine rings is 1. The van der Waals surface area contributed by atoms with Gasteiger partial charge in [0.25, 0.3) is 0 Å². The van der Waals surface area contributed by atoms with E-state index in [1.807, 2.05) is 25.1 Å². The number of cyclic esters (lactones) is 1. The number of fused-ring (bicyclic) bond motifs is 2. The van der Waals surface area contributed by atoms with E-state index in [0.29, 0.717) is 49.3 Å². The van der Waals surface area contributed by atoms with Crippen LogP contribution in [0.25, 0.3) is 6.08 Å². The Labute approximate surface area is 264 Å². The molecule has 11 nitrogen and oxygen atoms in total. The maximum Gasteiger partial charge on any atom is 0.342 e. The number of aromatic nitrogens is 1. The molecule has 2 aliphatic rings. The van der Waals surface area contributed by atoms with Crippen LogP contribution in [0.1, 0.15) is 56.5 Å². The fourth-order valence-electron chi connectivity index (χ4n) is 4.98. The number of benzene rings is 1. The monoisotopic (exact) mass is 619 g/mol. The van der Waals surface area contributed by atoms with Crippen molar-refractivity contribution in [3.8, 4) is 11.5 Å². The molecule has 1 aromatic heterocycles. The molecule has 4 rings (SSSR count). The summed E-state index contributed by atoms with van der Waals surface area (Å²) in [6.45, 7) is 7.87. The summed E-state index contributed by atoms with van der Waals surface area (Å²) in [5.74, 6) is -0.631. The minimum atomic E-state index is -0.922. The van der Waals surface area contributed by atoms with Gasteiger partial charge in [-0.3, -0.25) is 4.79 Å². The molecular formula is C33H40BN2O9. The van der Waals surface area contributed by atoms with E-state index in [2.05, 4.69) is 4.98 Å². The number of rotatable bonds is 11. The number of esters is 1. The van der Waals surface area contributed by atoms with Crippen LogP contribution >= 0.6 is 0 Å².